The number of nitrogens with one attached hydrogen (secondary N) is 3. The number of anilines is 4. The molecule has 0 bridgehead atoms. The zero-order chi connectivity index (χ0) is 46.6. The summed E-state index contributed by atoms with van der Waals surface area (Å²) in [7, 11) is -4.69. The number of benzene rings is 3. The number of fused-ring (bicyclic) bond motifs is 3. The lowest BCUT2D eigenvalue weighted by Gasteiger charge is -2.40. The minimum absolute atomic E-state index is 0.0162. The van der Waals surface area contributed by atoms with Gasteiger partial charge in [0.1, 0.15) is 30.1 Å². The molecule has 1 amide bonds. The zero-order valence-electron chi connectivity index (χ0n) is 37.5. The van der Waals surface area contributed by atoms with Crippen molar-refractivity contribution in [2.45, 2.75) is 63.2 Å². The van der Waals surface area contributed by atoms with E-state index in [-0.39, 0.29) is 41.7 Å². The fourth-order valence-electron chi connectivity index (χ4n) is 9.79. The van der Waals surface area contributed by atoms with Crippen molar-refractivity contribution in [2.75, 3.05) is 80.8 Å². The van der Waals surface area contributed by atoms with Gasteiger partial charge >= 0.3 is 0 Å². The number of nitrogens with zero attached hydrogens (tertiary/aromatic N) is 5. The molecule has 0 spiro atoms. The molecule has 0 radical (unpaired) electrons. The molecule has 4 aliphatic heterocycles. The Labute approximate surface area is 393 Å². The summed E-state index contributed by atoms with van der Waals surface area (Å²) >= 11 is 6.27. The number of nitro groups is 1. The molecule has 19 heteroatoms. The number of sulfonamides is 1. The molecule has 0 saturated carbocycles. The standard InChI is InChI=1S/C48H53ClN8O9S/c1-29-25-56(41-20-31-11-13-50-45(31)52-47(41)66-29)39-21-34(55-16-14-54(15-17-55)26-32-10-12-48(2,3)24-37(32)30-4-6-33(49)7-5-30)8-9-36(39)46(58)53-67(61,62)35-22-40(57(59)60)44-42(23-35)65-27-38(51-44)43-28-63-18-19-64-43/h4-9,11,13,20-23,29,38,43,51H,10,12,14-19,24-28H2,1-3H3,(H,50,52)(H,53,58)/t29-,38-,43-/m1/s1. The average molecular weight is 954 g/mol. The minimum atomic E-state index is -4.69. The van der Waals surface area contributed by atoms with Crippen molar-refractivity contribution in [2.24, 2.45) is 5.41 Å². The smallest absolute Gasteiger partial charge is 0.297 e. The number of halogens is 1. The van der Waals surface area contributed by atoms with Gasteiger partial charge in [-0.3, -0.25) is 19.8 Å². The molecule has 0 unspecified atom stereocenters. The minimum Gasteiger partial charge on any atom is -0.489 e. The number of rotatable bonds is 10. The first kappa shape index (κ1) is 44.9. The Morgan fingerprint density at radius 1 is 1.01 bits per heavy atom. The van der Waals surface area contributed by atoms with Crippen LogP contribution in [0.2, 0.25) is 5.02 Å². The number of aromatic amines is 1. The zero-order valence-corrected chi connectivity index (χ0v) is 39.1. The summed E-state index contributed by atoms with van der Waals surface area (Å²) in [6, 6.07) is 19.0. The number of hydrogen-bond acceptors (Lipinski definition) is 14. The van der Waals surface area contributed by atoms with E-state index in [4.69, 9.17) is 35.5 Å². The maximum atomic E-state index is 14.5. The first-order chi connectivity index (χ1) is 32.2. The number of aromatic nitrogens is 2. The van der Waals surface area contributed by atoms with Gasteiger partial charge in [-0.1, -0.05) is 43.2 Å². The summed E-state index contributed by atoms with van der Waals surface area (Å²) in [4.78, 5) is 40.3. The molecule has 17 nitrogen and oxygen atoms in total. The van der Waals surface area contributed by atoms with E-state index in [0.29, 0.717) is 42.7 Å². The maximum Gasteiger partial charge on any atom is 0.297 e. The summed E-state index contributed by atoms with van der Waals surface area (Å²) in [5.41, 5.74) is 6.45. The average Bonchev–Trinajstić information content (AvgIpc) is 3.78. The van der Waals surface area contributed by atoms with E-state index in [1.807, 2.05) is 48.2 Å². The van der Waals surface area contributed by atoms with E-state index in [9.17, 15) is 23.3 Å². The largest absolute Gasteiger partial charge is 0.489 e. The van der Waals surface area contributed by atoms with Gasteiger partial charge in [-0.25, -0.2) is 13.1 Å². The van der Waals surface area contributed by atoms with Crippen molar-refractivity contribution in [1.29, 1.82) is 0 Å². The Morgan fingerprint density at radius 2 is 1.82 bits per heavy atom. The van der Waals surface area contributed by atoms with Crippen molar-refractivity contribution in [1.82, 2.24) is 19.6 Å². The second kappa shape index (κ2) is 18.0. The van der Waals surface area contributed by atoms with Crippen LogP contribution in [-0.2, 0) is 19.5 Å². The highest BCUT2D eigenvalue weighted by atomic mass is 35.5. The fraction of sp³-hybridized carbons (Fsp3) is 0.417. The van der Waals surface area contributed by atoms with Crippen LogP contribution in [0.3, 0.4) is 0 Å². The third kappa shape index (κ3) is 9.24. The number of carbonyl (C=O) groups is 1. The van der Waals surface area contributed by atoms with Crippen LogP contribution in [0.15, 0.2) is 83.4 Å². The lowest BCUT2D eigenvalue weighted by molar-refractivity contribution is -0.384. The number of piperazine rings is 1. The second-order valence-electron chi connectivity index (χ2n) is 18.7. The molecule has 2 fully saturated rings. The number of carbonyl (C=O) groups excluding carboxylic acids is 1. The first-order valence-electron chi connectivity index (χ1n) is 22.7. The Morgan fingerprint density at radius 3 is 2.58 bits per heavy atom. The van der Waals surface area contributed by atoms with Crippen LogP contribution in [-0.4, -0.2) is 118 Å². The second-order valence-corrected chi connectivity index (χ2v) is 20.8. The fourth-order valence-corrected chi connectivity index (χ4v) is 10.9. The first-order valence-corrected chi connectivity index (χ1v) is 24.5. The highest BCUT2D eigenvalue weighted by Crippen LogP contribution is 2.45. The van der Waals surface area contributed by atoms with Gasteiger partial charge in [-0.05, 0) is 85.2 Å². The predicted molar refractivity (Wildman–Crippen MR) is 256 cm³/mol. The summed E-state index contributed by atoms with van der Waals surface area (Å²) in [6.07, 6.45) is 4.19. The normalized spacial score (nSPS) is 22.0. The van der Waals surface area contributed by atoms with Crippen LogP contribution >= 0.6 is 11.6 Å². The summed E-state index contributed by atoms with van der Waals surface area (Å²) in [5.74, 6) is -0.592. The van der Waals surface area contributed by atoms with Gasteiger partial charge in [0.05, 0.1) is 53.5 Å². The number of hydrogen-bond donors (Lipinski definition) is 3. The van der Waals surface area contributed by atoms with E-state index in [2.05, 4.69) is 50.8 Å². The van der Waals surface area contributed by atoms with Gasteiger partial charge in [0, 0.05) is 67.1 Å². The van der Waals surface area contributed by atoms with Crippen molar-refractivity contribution in [3.63, 3.8) is 0 Å². The van der Waals surface area contributed by atoms with Crippen LogP contribution < -0.4 is 29.3 Å². The van der Waals surface area contributed by atoms with Crippen LogP contribution in [0.1, 0.15) is 56.0 Å². The van der Waals surface area contributed by atoms with Gasteiger partial charge in [0.25, 0.3) is 21.6 Å². The quantitative estimate of drug-likeness (QED) is 0.0918. The molecule has 3 aromatic carbocycles. The molecule has 5 aromatic rings. The number of pyridine rings is 1. The molecule has 67 heavy (non-hydrogen) atoms. The van der Waals surface area contributed by atoms with Crippen LogP contribution in [0.5, 0.6) is 11.6 Å². The molecule has 3 N–H and O–H groups in total. The molecule has 352 valence electrons. The summed E-state index contributed by atoms with van der Waals surface area (Å²) in [5, 5.41) is 17.1. The van der Waals surface area contributed by atoms with E-state index in [0.717, 1.165) is 74.1 Å². The van der Waals surface area contributed by atoms with Crippen molar-refractivity contribution < 1.29 is 37.1 Å². The predicted octanol–water partition coefficient (Wildman–Crippen LogP) is 7.54. The van der Waals surface area contributed by atoms with Crippen LogP contribution in [0, 0.1) is 15.5 Å². The van der Waals surface area contributed by atoms with E-state index in [1.54, 1.807) is 12.3 Å². The molecular weight excluding hydrogens is 900 g/mol. The van der Waals surface area contributed by atoms with Gasteiger partial charge in [0.2, 0.25) is 5.88 Å². The van der Waals surface area contributed by atoms with Gasteiger partial charge in [0.15, 0.2) is 11.4 Å². The number of amides is 1. The van der Waals surface area contributed by atoms with Crippen LogP contribution in [0.25, 0.3) is 16.6 Å². The molecule has 2 saturated heterocycles. The van der Waals surface area contributed by atoms with Crippen molar-refractivity contribution in [3.8, 4) is 11.6 Å². The summed E-state index contributed by atoms with van der Waals surface area (Å²) < 4.78 is 53.9. The van der Waals surface area contributed by atoms with E-state index in [1.165, 1.54) is 22.8 Å². The highest BCUT2D eigenvalue weighted by Gasteiger charge is 2.37. The third-order valence-electron chi connectivity index (χ3n) is 13.4. The Bertz CT molecular complexity index is 2880. The highest BCUT2D eigenvalue weighted by molar-refractivity contribution is 7.90. The SMILES string of the molecule is C[C@@H]1CN(c2cc(N3CCN(CC4=C(c5ccc(Cl)cc5)CC(C)(C)CC4)CC3)ccc2C(=O)NS(=O)(=O)c2cc3c(c([N+](=O)[O-])c2)N[C@@H]([C@H]2COCCO2)CO3)c2cc3cc[nH]c3nc2O1. The number of H-pyrrole nitrogens is 1. The van der Waals surface area contributed by atoms with Gasteiger partial charge < -0.3 is 39.0 Å². The number of allylic oxidation sites excluding steroid dienone is 1. The number of nitro benzene ring substituents is 1. The maximum absolute atomic E-state index is 14.5. The molecule has 6 heterocycles. The molecular formula is C48H53ClN8O9S. The monoisotopic (exact) mass is 952 g/mol. The molecule has 3 atom stereocenters. The number of ether oxygens (including phenoxy) is 4. The van der Waals surface area contributed by atoms with Crippen molar-refractivity contribution >= 4 is 72.6 Å². The van der Waals surface area contributed by atoms with Crippen LogP contribution in [0.4, 0.5) is 28.4 Å². The molecule has 10 rings (SSSR count). The van der Waals surface area contributed by atoms with E-state index >= 15 is 0 Å². The lowest BCUT2D eigenvalue weighted by atomic mass is 9.72. The molecule has 2 aromatic heterocycles. The Kier molecular flexibility index (Phi) is 12.0. The Hall–Kier alpha value is -5.92. The van der Waals surface area contributed by atoms with E-state index < -0.39 is 43.6 Å². The molecule has 1 aliphatic carbocycles. The topological polar surface area (TPSA) is 194 Å². The molecule has 5 aliphatic rings. The lowest BCUT2D eigenvalue weighted by Crippen LogP contribution is -2.47. The Balaban J connectivity index is 0.937. The van der Waals surface area contributed by atoms with Gasteiger partial charge in [-0.2, -0.15) is 4.98 Å². The summed E-state index contributed by atoms with van der Waals surface area (Å²) in [6.45, 7) is 12.0. The van der Waals surface area contributed by atoms with Gasteiger partial charge in [-0.15, -0.1) is 0 Å². The van der Waals surface area contributed by atoms with Crippen molar-refractivity contribution in [3.05, 3.63) is 105 Å². The third-order valence-corrected chi connectivity index (χ3v) is 15.0.